The molecule has 1 heterocycles. The number of carbonyl (C=O) groups is 1. The van der Waals surface area contributed by atoms with E-state index in [1.807, 2.05) is 0 Å². The Morgan fingerprint density at radius 1 is 1.92 bits per heavy atom. The van der Waals surface area contributed by atoms with Crippen LogP contribution >= 0.6 is 11.5 Å². The van der Waals surface area contributed by atoms with Crippen molar-refractivity contribution >= 4 is 17.5 Å². The quantitative estimate of drug-likeness (QED) is 0.747. The van der Waals surface area contributed by atoms with Crippen molar-refractivity contribution in [1.82, 2.24) is 4.37 Å². The number of nitrogens with two attached hydrogens (primary N) is 1. The molecule has 0 aliphatic rings. The van der Waals surface area contributed by atoms with Gasteiger partial charge in [-0.05, 0) is 11.5 Å². The molecule has 1 aromatic heterocycles. The maximum absolute atomic E-state index is 10.4. The first-order chi connectivity index (χ1) is 6.15. The molecule has 0 aromatic carbocycles. The average molecular weight is 202 g/mol. The molecule has 5 nitrogen and oxygen atoms in total. The molecule has 0 aliphatic carbocycles. The van der Waals surface area contributed by atoms with E-state index in [0.29, 0.717) is 11.4 Å². The Labute approximate surface area is 79.3 Å². The van der Waals surface area contributed by atoms with Crippen LogP contribution in [0.1, 0.15) is 18.0 Å². The van der Waals surface area contributed by atoms with Crippen molar-refractivity contribution in [1.29, 1.82) is 0 Å². The highest BCUT2D eigenvalue weighted by Gasteiger charge is 2.16. The number of hydrogen-bond donors (Lipinski definition) is 2. The fraction of sp³-hybridized carbons (Fsp3) is 0.429. The van der Waals surface area contributed by atoms with Gasteiger partial charge in [0.2, 0.25) is 5.88 Å². The molecule has 0 radical (unpaired) electrons. The summed E-state index contributed by atoms with van der Waals surface area (Å²) in [7, 11) is 1.48. The Balaban J connectivity index is 2.75. The molecule has 0 fully saturated rings. The average Bonchev–Trinajstić information content (AvgIpc) is 2.49. The Bertz CT molecular complexity index is 300. The Hall–Kier alpha value is -1.14. The summed E-state index contributed by atoms with van der Waals surface area (Å²) >= 11 is 1.20. The molecular weight excluding hydrogens is 192 g/mol. The highest BCUT2D eigenvalue weighted by Crippen LogP contribution is 2.25. The third-order valence-corrected chi connectivity index (χ3v) is 2.18. The second kappa shape index (κ2) is 4.20. The lowest BCUT2D eigenvalue weighted by Gasteiger charge is -2.07. The van der Waals surface area contributed by atoms with Gasteiger partial charge in [-0.3, -0.25) is 4.79 Å². The maximum atomic E-state index is 10.4. The predicted octanol–water partition coefficient (Wildman–Crippen LogP) is 0.626. The molecule has 6 heteroatoms. The summed E-state index contributed by atoms with van der Waals surface area (Å²) in [6, 6.07) is -0.550. The Morgan fingerprint density at radius 3 is 3.15 bits per heavy atom. The van der Waals surface area contributed by atoms with E-state index in [0.717, 1.165) is 0 Å². The van der Waals surface area contributed by atoms with Gasteiger partial charge in [0.1, 0.15) is 0 Å². The number of carboxylic acids is 1. The molecule has 0 aliphatic heterocycles. The van der Waals surface area contributed by atoms with Crippen molar-refractivity contribution in [2.45, 2.75) is 12.5 Å². The summed E-state index contributed by atoms with van der Waals surface area (Å²) in [4.78, 5) is 10.4. The summed E-state index contributed by atoms with van der Waals surface area (Å²) in [6.07, 6.45) is -0.116. The van der Waals surface area contributed by atoms with Crippen LogP contribution in [0.3, 0.4) is 0 Å². The van der Waals surface area contributed by atoms with Crippen molar-refractivity contribution in [2.75, 3.05) is 7.11 Å². The molecule has 0 saturated carbocycles. The summed E-state index contributed by atoms with van der Waals surface area (Å²) in [5, 5.41) is 10.2. The van der Waals surface area contributed by atoms with Gasteiger partial charge in [0.25, 0.3) is 0 Å². The molecule has 13 heavy (non-hydrogen) atoms. The van der Waals surface area contributed by atoms with E-state index >= 15 is 0 Å². The summed E-state index contributed by atoms with van der Waals surface area (Å²) < 4.78 is 8.82. The molecule has 0 spiro atoms. The van der Waals surface area contributed by atoms with E-state index in [4.69, 9.17) is 15.6 Å². The van der Waals surface area contributed by atoms with Gasteiger partial charge in [0.05, 0.1) is 13.5 Å². The molecule has 72 valence electrons. The van der Waals surface area contributed by atoms with Crippen LogP contribution in [0.2, 0.25) is 0 Å². The van der Waals surface area contributed by atoms with Crippen molar-refractivity contribution in [3.63, 3.8) is 0 Å². The number of aliphatic carboxylic acids is 1. The molecule has 0 saturated heterocycles. The number of carboxylic acid groups (broad SMARTS) is 1. The fourth-order valence-corrected chi connectivity index (χ4v) is 1.65. The third-order valence-electron chi connectivity index (χ3n) is 1.55. The fourth-order valence-electron chi connectivity index (χ4n) is 0.933. The first-order valence-corrected chi connectivity index (χ1v) is 4.44. The lowest BCUT2D eigenvalue weighted by atomic mass is 10.1. The topological polar surface area (TPSA) is 85.4 Å². The van der Waals surface area contributed by atoms with Gasteiger partial charge in [-0.25, -0.2) is 0 Å². The van der Waals surface area contributed by atoms with Crippen LogP contribution < -0.4 is 10.5 Å². The number of hydrogen-bond acceptors (Lipinski definition) is 5. The predicted molar refractivity (Wildman–Crippen MR) is 47.8 cm³/mol. The zero-order chi connectivity index (χ0) is 9.84. The molecule has 0 amide bonds. The molecular formula is C7H10N2O3S. The second-order valence-corrected chi connectivity index (χ2v) is 3.11. The van der Waals surface area contributed by atoms with Crippen molar-refractivity contribution in [3.8, 4) is 5.88 Å². The third kappa shape index (κ3) is 2.40. The van der Waals surface area contributed by atoms with Gasteiger partial charge < -0.3 is 15.6 Å². The van der Waals surface area contributed by atoms with Crippen LogP contribution in [0, 0.1) is 0 Å². The number of aromatic nitrogens is 1. The standard InChI is InChI=1S/C7H10N2O3S/c1-12-7-4(3-13-9-7)5(8)2-6(10)11/h3,5H,2,8H2,1H3,(H,10,11). The number of nitrogens with zero attached hydrogens (tertiary/aromatic N) is 1. The van der Waals surface area contributed by atoms with Crippen molar-refractivity contribution in [3.05, 3.63) is 10.9 Å². The normalized spacial score (nSPS) is 12.5. The van der Waals surface area contributed by atoms with Crippen LogP contribution in [0.15, 0.2) is 5.38 Å². The zero-order valence-electron chi connectivity index (χ0n) is 7.06. The van der Waals surface area contributed by atoms with E-state index in [1.54, 1.807) is 5.38 Å². The van der Waals surface area contributed by atoms with Crippen LogP contribution in [-0.2, 0) is 4.79 Å². The minimum absolute atomic E-state index is 0.116. The van der Waals surface area contributed by atoms with Gasteiger partial charge in [-0.1, -0.05) is 0 Å². The highest BCUT2D eigenvalue weighted by atomic mass is 32.1. The number of rotatable bonds is 4. The number of methoxy groups -OCH3 is 1. The maximum Gasteiger partial charge on any atom is 0.305 e. The van der Waals surface area contributed by atoms with Crippen molar-refractivity contribution < 1.29 is 14.6 Å². The Kier molecular flexibility index (Phi) is 3.21. The number of ether oxygens (including phenoxy) is 1. The molecule has 1 aromatic rings. The second-order valence-electron chi connectivity index (χ2n) is 2.48. The smallest absolute Gasteiger partial charge is 0.305 e. The summed E-state index contributed by atoms with van der Waals surface area (Å²) in [6.45, 7) is 0. The monoisotopic (exact) mass is 202 g/mol. The lowest BCUT2D eigenvalue weighted by Crippen LogP contribution is -2.15. The van der Waals surface area contributed by atoms with E-state index in [9.17, 15) is 4.79 Å². The molecule has 1 unspecified atom stereocenters. The van der Waals surface area contributed by atoms with Crippen LogP contribution in [0.4, 0.5) is 0 Å². The Morgan fingerprint density at radius 2 is 2.62 bits per heavy atom. The molecule has 1 rings (SSSR count). The summed E-state index contributed by atoms with van der Waals surface area (Å²) in [5.74, 6) is -0.514. The van der Waals surface area contributed by atoms with Gasteiger partial charge in [-0.2, -0.15) is 4.37 Å². The molecule has 3 N–H and O–H groups in total. The SMILES string of the molecule is COc1nscc1C(N)CC(=O)O. The van der Waals surface area contributed by atoms with E-state index in [1.165, 1.54) is 18.6 Å². The first-order valence-electron chi connectivity index (χ1n) is 3.60. The molecule has 1 atom stereocenters. The highest BCUT2D eigenvalue weighted by molar-refractivity contribution is 7.03. The lowest BCUT2D eigenvalue weighted by molar-refractivity contribution is -0.137. The minimum atomic E-state index is -0.930. The molecule has 0 bridgehead atoms. The van der Waals surface area contributed by atoms with Crippen LogP contribution in [-0.4, -0.2) is 22.6 Å². The van der Waals surface area contributed by atoms with Gasteiger partial charge in [0.15, 0.2) is 0 Å². The summed E-state index contributed by atoms with van der Waals surface area (Å²) in [5.41, 5.74) is 6.27. The van der Waals surface area contributed by atoms with E-state index < -0.39 is 12.0 Å². The van der Waals surface area contributed by atoms with Crippen LogP contribution in [0.25, 0.3) is 0 Å². The van der Waals surface area contributed by atoms with E-state index in [-0.39, 0.29) is 6.42 Å². The minimum Gasteiger partial charge on any atom is -0.481 e. The van der Waals surface area contributed by atoms with Gasteiger partial charge in [0, 0.05) is 17.0 Å². The zero-order valence-corrected chi connectivity index (χ0v) is 7.87. The van der Waals surface area contributed by atoms with Crippen LogP contribution in [0.5, 0.6) is 5.88 Å². The first kappa shape index (κ1) is 9.94. The van der Waals surface area contributed by atoms with E-state index in [2.05, 4.69) is 4.37 Å². The van der Waals surface area contributed by atoms with Gasteiger partial charge >= 0.3 is 5.97 Å². The van der Waals surface area contributed by atoms with Crippen molar-refractivity contribution in [2.24, 2.45) is 5.73 Å². The van der Waals surface area contributed by atoms with Gasteiger partial charge in [-0.15, -0.1) is 0 Å². The largest absolute Gasteiger partial charge is 0.481 e.